The number of aryl methyl sites for hydroxylation is 1. The highest BCUT2D eigenvalue weighted by Crippen LogP contribution is 2.34. The van der Waals surface area contributed by atoms with Crippen LogP contribution in [0, 0.1) is 6.92 Å². The van der Waals surface area contributed by atoms with Crippen molar-refractivity contribution in [3.05, 3.63) is 87.9 Å². The molecule has 0 aromatic heterocycles. The van der Waals surface area contributed by atoms with E-state index in [1.165, 1.54) is 30.3 Å². The summed E-state index contributed by atoms with van der Waals surface area (Å²) >= 11 is 5.92. The Bertz CT molecular complexity index is 1400. The number of carbonyl (C=O) groups is 3. The summed E-state index contributed by atoms with van der Waals surface area (Å²) in [6.45, 7) is 1.20. The highest BCUT2D eigenvalue weighted by Gasteiger charge is 2.35. The predicted molar refractivity (Wildman–Crippen MR) is 117 cm³/mol. The second kappa shape index (κ2) is 8.22. The van der Waals surface area contributed by atoms with Crippen LogP contribution in [0.4, 0.5) is 5.69 Å². The second-order valence-corrected chi connectivity index (χ2v) is 9.45. The lowest BCUT2D eigenvalue weighted by Gasteiger charge is -2.19. The number of amides is 1. The van der Waals surface area contributed by atoms with Crippen molar-refractivity contribution in [2.45, 2.75) is 16.7 Å². The van der Waals surface area contributed by atoms with Gasteiger partial charge in [0.05, 0.1) is 15.4 Å². The van der Waals surface area contributed by atoms with Gasteiger partial charge in [0.1, 0.15) is 0 Å². The van der Waals surface area contributed by atoms with E-state index in [1.807, 2.05) is 0 Å². The largest absolute Gasteiger partial charge is 0.452 e. The number of fused-ring (bicyclic) bond motifs is 2. The first-order chi connectivity index (χ1) is 15.2. The first-order valence-corrected chi connectivity index (χ1v) is 11.3. The number of esters is 1. The van der Waals surface area contributed by atoms with Gasteiger partial charge < -0.3 is 10.1 Å². The standard InChI is InChI=1S/C23H16ClNO6S/c1-13-6-8-15(24)11-18(13)25-21(26)12-31-23(28)14-7-9-17-20(10-14)32(29,30)19-5-3-2-4-16(19)22(17)27/h2-11H,12H2,1H3,(H,25,26). The fraction of sp³-hybridized carbons (Fsp3) is 0.0870. The molecule has 1 N–H and O–H groups in total. The van der Waals surface area contributed by atoms with Gasteiger partial charge in [-0.2, -0.15) is 0 Å². The van der Waals surface area contributed by atoms with Crippen molar-refractivity contribution in [1.82, 2.24) is 0 Å². The van der Waals surface area contributed by atoms with Gasteiger partial charge in [-0.1, -0.05) is 29.8 Å². The lowest BCUT2D eigenvalue weighted by molar-refractivity contribution is -0.119. The van der Waals surface area contributed by atoms with Crippen molar-refractivity contribution >= 4 is 44.8 Å². The van der Waals surface area contributed by atoms with Gasteiger partial charge in [-0.25, -0.2) is 13.2 Å². The molecule has 1 heterocycles. The first-order valence-electron chi connectivity index (χ1n) is 9.44. The Morgan fingerprint density at radius 2 is 1.69 bits per heavy atom. The lowest BCUT2D eigenvalue weighted by Crippen LogP contribution is -2.23. The van der Waals surface area contributed by atoms with Crippen LogP contribution in [0.15, 0.2) is 70.5 Å². The SMILES string of the molecule is Cc1ccc(Cl)cc1NC(=O)COC(=O)c1ccc2c(c1)S(=O)(=O)c1ccccc1C2=O. The Hall–Kier alpha value is -3.49. The van der Waals surface area contributed by atoms with Crippen LogP contribution in [0.1, 0.15) is 31.8 Å². The number of anilines is 1. The maximum Gasteiger partial charge on any atom is 0.338 e. The number of nitrogens with one attached hydrogen (secondary N) is 1. The van der Waals surface area contributed by atoms with Gasteiger partial charge >= 0.3 is 5.97 Å². The smallest absolute Gasteiger partial charge is 0.338 e. The highest BCUT2D eigenvalue weighted by molar-refractivity contribution is 7.91. The predicted octanol–water partition coefficient (Wildman–Crippen LogP) is 3.82. The molecule has 162 valence electrons. The summed E-state index contributed by atoms with van der Waals surface area (Å²) in [6.07, 6.45) is 0. The molecule has 0 saturated heterocycles. The zero-order valence-electron chi connectivity index (χ0n) is 16.7. The van der Waals surface area contributed by atoms with Crippen LogP contribution in [-0.4, -0.2) is 32.7 Å². The molecule has 0 spiro atoms. The molecule has 1 aliphatic rings. The third-order valence-corrected chi connectivity index (χ3v) is 7.07. The molecule has 1 amide bonds. The highest BCUT2D eigenvalue weighted by atomic mass is 35.5. The quantitative estimate of drug-likeness (QED) is 0.455. The lowest BCUT2D eigenvalue weighted by atomic mass is 10.0. The molecule has 0 atom stereocenters. The molecule has 9 heteroatoms. The van der Waals surface area contributed by atoms with Crippen LogP contribution in [0.5, 0.6) is 0 Å². The summed E-state index contributed by atoms with van der Waals surface area (Å²) in [5.74, 6) is -1.92. The van der Waals surface area contributed by atoms with Gasteiger partial charge in [-0.3, -0.25) is 9.59 Å². The Labute approximate surface area is 188 Å². The summed E-state index contributed by atoms with van der Waals surface area (Å²) in [5, 5.41) is 3.04. The van der Waals surface area contributed by atoms with Gasteiger partial charge in [0, 0.05) is 21.8 Å². The minimum Gasteiger partial charge on any atom is -0.452 e. The summed E-state index contributed by atoms with van der Waals surface area (Å²) in [7, 11) is -3.99. The number of ketones is 1. The summed E-state index contributed by atoms with van der Waals surface area (Å²) in [6, 6.07) is 14.5. The van der Waals surface area contributed by atoms with Crippen LogP contribution in [0.25, 0.3) is 0 Å². The fourth-order valence-corrected chi connectivity index (χ4v) is 5.19. The van der Waals surface area contributed by atoms with Gasteiger partial charge in [0.2, 0.25) is 9.84 Å². The van der Waals surface area contributed by atoms with Gasteiger partial charge in [0.25, 0.3) is 5.91 Å². The Morgan fingerprint density at radius 3 is 2.47 bits per heavy atom. The molecule has 3 aromatic carbocycles. The number of benzene rings is 3. The van der Waals surface area contributed by atoms with Crippen molar-refractivity contribution < 1.29 is 27.5 Å². The molecule has 7 nitrogen and oxygen atoms in total. The maximum absolute atomic E-state index is 13.0. The van der Waals surface area contributed by atoms with E-state index in [1.54, 1.807) is 31.2 Å². The average Bonchev–Trinajstić information content (AvgIpc) is 2.78. The Balaban J connectivity index is 1.52. The van der Waals surface area contributed by atoms with Crippen molar-refractivity contribution in [2.75, 3.05) is 11.9 Å². The van der Waals surface area contributed by atoms with Crippen molar-refractivity contribution in [3.8, 4) is 0 Å². The van der Waals surface area contributed by atoms with Crippen LogP contribution in [0.3, 0.4) is 0 Å². The van der Waals surface area contributed by atoms with E-state index < -0.39 is 34.1 Å². The number of hydrogen-bond donors (Lipinski definition) is 1. The molecule has 4 rings (SSSR count). The first kappa shape index (κ1) is 21.7. The zero-order chi connectivity index (χ0) is 23.0. The molecule has 0 bridgehead atoms. The number of halogens is 1. The number of carbonyl (C=O) groups excluding carboxylic acids is 3. The molecule has 0 radical (unpaired) electrons. The number of ether oxygens (including phenoxy) is 1. The molecular weight excluding hydrogens is 454 g/mol. The van der Waals surface area contributed by atoms with E-state index in [0.717, 1.165) is 11.6 Å². The molecule has 3 aromatic rings. The Kier molecular flexibility index (Phi) is 5.58. The summed E-state index contributed by atoms with van der Waals surface area (Å²) in [4.78, 5) is 36.9. The maximum atomic E-state index is 13.0. The summed E-state index contributed by atoms with van der Waals surface area (Å²) in [5.41, 5.74) is 1.23. The van der Waals surface area contributed by atoms with Crippen molar-refractivity contribution in [1.29, 1.82) is 0 Å². The third kappa shape index (κ3) is 3.90. The zero-order valence-corrected chi connectivity index (χ0v) is 18.3. The molecule has 32 heavy (non-hydrogen) atoms. The van der Waals surface area contributed by atoms with Crippen LogP contribution in [-0.2, 0) is 19.4 Å². The van der Waals surface area contributed by atoms with E-state index in [4.69, 9.17) is 16.3 Å². The average molecular weight is 470 g/mol. The normalized spacial score (nSPS) is 13.6. The van der Waals surface area contributed by atoms with Gasteiger partial charge in [-0.15, -0.1) is 0 Å². The molecule has 0 fully saturated rings. The summed E-state index contributed by atoms with van der Waals surface area (Å²) < 4.78 is 31.0. The minimum atomic E-state index is -3.99. The van der Waals surface area contributed by atoms with E-state index in [0.29, 0.717) is 10.7 Å². The Morgan fingerprint density at radius 1 is 0.969 bits per heavy atom. The fourth-order valence-electron chi connectivity index (χ4n) is 3.34. The number of sulfone groups is 1. The topological polar surface area (TPSA) is 107 Å². The molecular formula is C23H16ClNO6S. The van der Waals surface area contributed by atoms with E-state index in [9.17, 15) is 22.8 Å². The van der Waals surface area contributed by atoms with E-state index in [2.05, 4.69) is 5.32 Å². The molecule has 0 aliphatic carbocycles. The van der Waals surface area contributed by atoms with Crippen LogP contribution < -0.4 is 5.32 Å². The van der Waals surface area contributed by atoms with Crippen molar-refractivity contribution in [3.63, 3.8) is 0 Å². The molecule has 0 unspecified atom stereocenters. The second-order valence-electron chi connectivity index (χ2n) is 7.12. The van der Waals surface area contributed by atoms with Crippen LogP contribution in [0.2, 0.25) is 5.02 Å². The minimum absolute atomic E-state index is 0.0191. The van der Waals surface area contributed by atoms with Crippen LogP contribution >= 0.6 is 11.6 Å². The molecule has 1 aliphatic heterocycles. The van der Waals surface area contributed by atoms with Gasteiger partial charge in [-0.05, 0) is 55.0 Å². The van der Waals surface area contributed by atoms with E-state index in [-0.39, 0.29) is 26.5 Å². The van der Waals surface area contributed by atoms with Gasteiger partial charge in [0.15, 0.2) is 12.4 Å². The number of hydrogen-bond acceptors (Lipinski definition) is 6. The third-order valence-electron chi connectivity index (χ3n) is 4.98. The monoisotopic (exact) mass is 469 g/mol. The van der Waals surface area contributed by atoms with E-state index >= 15 is 0 Å². The molecule has 0 saturated carbocycles. The van der Waals surface area contributed by atoms with Crippen molar-refractivity contribution in [2.24, 2.45) is 0 Å². The number of rotatable bonds is 4.